The number of rotatable bonds is 3. The van der Waals surface area contributed by atoms with Crippen molar-refractivity contribution in [2.24, 2.45) is 0 Å². The lowest BCUT2D eigenvalue weighted by atomic mass is 9.93. The van der Waals surface area contributed by atoms with Crippen molar-refractivity contribution in [1.29, 1.82) is 0 Å². The number of aromatic nitrogens is 4. The second kappa shape index (κ2) is 5.92. The fraction of sp³-hybridized carbons (Fsp3) is 0.235. The monoisotopic (exact) mass is 325 g/mol. The number of methoxy groups -OCH3 is 1. The molecule has 0 fully saturated rings. The summed E-state index contributed by atoms with van der Waals surface area (Å²) in [5.41, 5.74) is 1.63. The summed E-state index contributed by atoms with van der Waals surface area (Å²) in [5.74, 6) is 1.06. The van der Waals surface area contributed by atoms with E-state index in [0.717, 1.165) is 11.3 Å². The number of nitrogens with one attached hydrogen (secondary N) is 1. The normalized spacial score (nSPS) is 19.4. The van der Waals surface area contributed by atoms with Gasteiger partial charge < -0.3 is 10.1 Å². The molecule has 2 heterocycles. The van der Waals surface area contributed by atoms with Crippen LogP contribution in [0.15, 0.2) is 48.5 Å². The van der Waals surface area contributed by atoms with E-state index in [0.29, 0.717) is 17.9 Å². The van der Waals surface area contributed by atoms with Crippen molar-refractivity contribution >= 4 is 5.95 Å². The Labute approximate surface area is 138 Å². The maximum atomic E-state index is 14.3. The molecule has 1 aromatic heterocycles. The molecule has 122 valence electrons. The first kappa shape index (κ1) is 14.6. The third kappa shape index (κ3) is 2.47. The van der Waals surface area contributed by atoms with Gasteiger partial charge in [-0.25, -0.2) is 9.07 Å². The molecule has 0 unspecified atom stereocenters. The highest BCUT2D eigenvalue weighted by Crippen LogP contribution is 2.38. The van der Waals surface area contributed by atoms with Crippen LogP contribution >= 0.6 is 0 Å². The molecule has 0 amide bonds. The van der Waals surface area contributed by atoms with Gasteiger partial charge in [-0.05, 0) is 40.6 Å². The van der Waals surface area contributed by atoms with Gasteiger partial charge in [0.1, 0.15) is 11.6 Å². The van der Waals surface area contributed by atoms with Crippen molar-refractivity contribution in [1.82, 2.24) is 20.2 Å². The molecular weight excluding hydrogens is 309 g/mol. The van der Waals surface area contributed by atoms with Crippen LogP contribution in [0.4, 0.5) is 10.3 Å². The van der Waals surface area contributed by atoms with Crippen LogP contribution in [0.2, 0.25) is 0 Å². The van der Waals surface area contributed by atoms with Crippen molar-refractivity contribution in [3.8, 4) is 5.75 Å². The van der Waals surface area contributed by atoms with Gasteiger partial charge in [0, 0.05) is 5.56 Å². The number of ether oxygens (including phenoxy) is 1. The first-order chi connectivity index (χ1) is 11.8. The Morgan fingerprint density at radius 1 is 1.21 bits per heavy atom. The molecular formula is C17H16FN5O. The Balaban J connectivity index is 1.75. The zero-order valence-corrected chi connectivity index (χ0v) is 13.1. The largest absolute Gasteiger partial charge is 0.497 e. The summed E-state index contributed by atoms with van der Waals surface area (Å²) in [5, 5.41) is 15.1. The Morgan fingerprint density at radius 2 is 2.08 bits per heavy atom. The topological polar surface area (TPSA) is 64.9 Å². The number of halogens is 1. The number of tetrazole rings is 1. The zero-order valence-electron chi connectivity index (χ0n) is 13.1. The maximum absolute atomic E-state index is 14.3. The number of nitrogens with zero attached hydrogens (tertiary/aromatic N) is 4. The molecule has 0 saturated heterocycles. The van der Waals surface area contributed by atoms with Crippen molar-refractivity contribution in [3.05, 3.63) is 65.5 Å². The van der Waals surface area contributed by atoms with Gasteiger partial charge in [-0.1, -0.05) is 35.4 Å². The zero-order chi connectivity index (χ0) is 16.5. The number of benzene rings is 2. The highest BCUT2D eigenvalue weighted by molar-refractivity contribution is 5.40. The molecule has 2 atom stereocenters. The number of fused-ring (bicyclic) bond motifs is 1. The van der Waals surface area contributed by atoms with E-state index in [1.54, 1.807) is 23.9 Å². The second-order valence-corrected chi connectivity index (χ2v) is 5.69. The summed E-state index contributed by atoms with van der Waals surface area (Å²) in [6, 6.07) is 14.2. The molecule has 1 aliphatic rings. The predicted octanol–water partition coefficient (Wildman–Crippen LogP) is 2.97. The fourth-order valence-corrected chi connectivity index (χ4v) is 3.12. The smallest absolute Gasteiger partial charge is 0.243 e. The summed E-state index contributed by atoms with van der Waals surface area (Å²) in [4.78, 5) is 0. The Hall–Kier alpha value is -2.96. The molecule has 24 heavy (non-hydrogen) atoms. The van der Waals surface area contributed by atoms with Gasteiger partial charge >= 0.3 is 0 Å². The molecule has 3 aromatic rings. The second-order valence-electron chi connectivity index (χ2n) is 5.69. The van der Waals surface area contributed by atoms with Crippen LogP contribution in [0.25, 0.3) is 0 Å². The molecule has 0 bridgehead atoms. The molecule has 1 N–H and O–H groups in total. The van der Waals surface area contributed by atoms with Crippen molar-refractivity contribution in [2.75, 3.05) is 12.4 Å². The van der Waals surface area contributed by atoms with Crippen molar-refractivity contribution in [2.45, 2.75) is 18.5 Å². The van der Waals surface area contributed by atoms with Crippen LogP contribution in [-0.4, -0.2) is 27.3 Å². The fourth-order valence-electron chi connectivity index (χ4n) is 3.12. The summed E-state index contributed by atoms with van der Waals surface area (Å²) in [6.45, 7) is 0. The number of hydrogen-bond acceptors (Lipinski definition) is 5. The van der Waals surface area contributed by atoms with E-state index in [1.165, 1.54) is 6.07 Å². The van der Waals surface area contributed by atoms with E-state index in [4.69, 9.17) is 4.74 Å². The van der Waals surface area contributed by atoms with Crippen LogP contribution in [-0.2, 0) is 0 Å². The molecule has 2 aromatic carbocycles. The number of hydrogen-bond donors (Lipinski definition) is 1. The summed E-state index contributed by atoms with van der Waals surface area (Å²) in [6.07, 6.45) is 0.631. The Morgan fingerprint density at radius 3 is 2.92 bits per heavy atom. The summed E-state index contributed by atoms with van der Waals surface area (Å²) >= 11 is 0. The Bertz CT molecular complexity index is 865. The lowest BCUT2D eigenvalue weighted by Gasteiger charge is -2.31. The maximum Gasteiger partial charge on any atom is 0.243 e. The van der Waals surface area contributed by atoms with Gasteiger partial charge in [-0.15, -0.1) is 0 Å². The van der Waals surface area contributed by atoms with E-state index in [9.17, 15) is 4.39 Å². The van der Waals surface area contributed by atoms with E-state index in [2.05, 4.69) is 20.8 Å². The lowest BCUT2D eigenvalue weighted by Crippen LogP contribution is -2.28. The average Bonchev–Trinajstić information content (AvgIpc) is 3.10. The van der Waals surface area contributed by atoms with Gasteiger partial charge in [0.05, 0.1) is 19.2 Å². The van der Waals surface area contributed by atoms with Crippen LogP contribution in [0.5, 0.6) is 5.75 Å². The van der Waals surface area contributed by atoms with E-state index in [1.807, 2.05) is 30.3 Å². The van der Waals surface area contributed by atoms with E-state index in [-0.39, 0.29) is 17.9 Å². The summed E-state index contributed by atoms with van der Waals surface area (Å²) in [7, 11) is 1.64. The molecule has 7 heteroatoms. The molecule has 6 nitrogen and oxygen atoms in total. The first-order valence-corrected chi connectivity index (χ1v) is 7.69. The van der Waals surface area contributed by atoms with Crippen LogP contribution in [0.1, 0.15) is 29.6 Å². The molecule has 4 rings (SSSR count). The van der Waals surface area contributed by atoms with E-state index >= 15 is 0 Å². The first-order valence-electron chi connectivity index (χ1n) is 7.69. The van der Waals surface area contributed by atoms with Gasteiger partial charge in [-0.2, -0.15) is 0 Å². The van der Waals surface area contributed by atoms with Gasteiger partial charge in [0.25, 0.3) is 0 Å². The van der Waals surface area contributed by atoms with Crippen LogP contribution in [0, 0.1) is 5.82 Å². The Kier molecular flexibility index (Phi) is 3.60. The number of anilines is 1. The minimum absolute atomic E-state index is 0.0387. The summed E-state index contributed by atoms with van der Waals surface area (Å²) < 4.78 is 21.2. The molecule has 0 saturated carbocycles. The van der Waals surface area contributed by atoms with E-state index < -0.39 is 0 Å². The lowest BCUT2D eigenvalue weighted by molar-refractivity contribution is 0.403. The quantitative estimate of drug-likeness (QED) is 0.802. The predicted molar refractivity (Wildman–Crippen MR) is 86.3 cm³/mol. The molecule has 0 spiro atoms. The van der Waals surface area contributed by atoms with Gasteiger partial charge in [0.2, 0.25) is 5.95 Å². The minimum atomic E-state index is -0.270. The van der Waals surface area contributed by atoms with Crippen LogP contribution in [0.3, 0.4) is 0 Å². The third-order valence-corrected chi connectivity index (χ3v) is 4.31. The molecule has 0 aliphatic carbocycles. The highest BCUT2D eigenvalue weighted by Gasteiger charge is 2.32. The minimum Gasteiger partial charge on any atom is -0.497 e. The molecule has 0 radical (unpaired) electrons. The SMILES string of the molecule is COc1cccc([C@H]2C[C@H](c3ccccc3F)n3nnnc3N2)c1. The average molecular weight is 325 g/mol. The van der Waals surface area contributed by atoms with Gasteiger partial charge in [-0.3, -0.25) is 0 Å². The molecule has 1 aliphatic heterocycles. The van der Waals surface area contributed by atoms with Crippen LogP contribution < -0.4 is 10.1 Å². The standard InChI is InChI=1S/C17H16FN5O/c1-24-12-6-4-5-11(9-12)15-10-16(13-7-2-3-8-14(13)18)23-17(19-15)20-21-22-23/h2-9,15-16H,10H2,1H3,(H,19,20,22)/t15-,16-/m1/s1. The third-order valence-electron chi connectivity index (χ3n) is 4.31. The highest BCUT2D eigenvalue weighted by atomic mass is 19.1. The van der Waals surface area contributed by atoms with Gasteiger partial charge in [0.15, 0.2) is 0 Å². The van der Waals surface area contributed by atoms with Crippen molar-refractivity contribution < 1.29 is 9.13 Å². The van der Waals surface area contributed by atoms with Crippen molar-refractivity contribution in [3.63, 3.8) is 0 Å².